The zero-order valence-electron chi connectivity index (χ0n) is 18.7. The van der Waals surface area contributed by atoms with E-state index in [0.29, 0.717) is 30.8 Å². The molecular weight excluding hydrogens is 404 g/mol. The molecule has 1 amide bonds. The number of rotatable bonds is 10. The Kier molecular flexibility index (Phi) is 7.29. The summed E-state index contributed by atoms with van der Waals surface area (Å²) in [6.07, 6.45) is 1.25. The van der Waals surface area contributed by atoms with E-state index >= 15 is 0 Å². The Morgan fingerprint density at radius 1 is 1.06 bits per heavy atom. The zero-order chi connectivity index (χ0) is 22.3. The van der Waals surface area contributed by atoms with Crippen LogP contribution in [0.15, 0.2) is 48.5 Å². The molecule has 0 saturated carbocycles. The standard InChI is InChI=1S/C25H30N4O3/c1-3-31-19-12-10-18(11-13-19)24-27-22-9-6-5-8-21(22)23(28-24)25(30)26-14-7-15-29-16-20(17-29)32-4-2/h5-6,8-13,20H,3-4,7,14-17H2,1-2H3,(H,26,30). The van der Waals surface area contributed by atoms with E-state index < -0.39 is 0 Å². The third-order valence-electron chi connectivity index (χ3n) is 5.50. The highest BCUT2D eigenvalue weighted by Gasteiger charge is 2.26. The van der Waals surface area contributed by atoms with Crippen LogP contribution in [0.2, 0.25) is 0 Å². The molecule has 0 unspecified atom stereocenters. The van der Waals surface area contributed by atoms with Crippen molar-refractivity contribution in [3.63, 3.8) is 0 Å². The largest absolute Gasteiger partial charge is 0.494 e. The van der Waals surface area contributed by atoms with Gasteiger partial charge in [-0.15, -0.1) is 0 Å². The predicted octanol–water partition coefficient (Wildman–Crippen LogP) is 3.54. The molecule has 0 spiro atoms. The summed E-state index contributed by atoms with van der Waals surface area (Å²) in [6.45, 7) is 8.86. The van der Waals surface area contributed by atoms with E-state index in [-0.39, 0.29) is 5.91 Å². The summed E-state index contributed by atoms with van der Waals surface area (Å²) in [6, 6.07) is 15.2. The molecule has 1 aliphatic heterocycles. The molecule has 4 rings (SSSR count). The van der Waals surface area contributed by atoms with E-state index in [1.54, 1.807) is 0 Å². The number of amides is 1. The van der Waals surface area contributed by atoms with Crippen LogP contribution in [0, 0.1) is 0 Å². The fourth-order valence-corrected chi connectivity index (χ4v) is 3.88. The van der Waals surface area contributed by atoms with Crippen molar-refractivity contribution in [2.24, 2.45) is 0 Å². The Hall–Kier alpha value is -3.03. The Bertz CT molecular complexity index is 1050. The summed E-state index contributed by atoms with van der Waals surface area (Å²) in [4.78, 5) is 24.6. The molecule has 1 fully saturated rings. The van der Waals surface area contributed by atoms with Crippen LogP contribution in [0.4, 0.5) is 0 Å². The van der Waals surface area contributed by atoms with Gasteiger partial charge in [-0.25, -0.2) is 9.97 Å². The van der Waals surface area contributed by atoms with Crippen molar-refractivity contribution in [3.05, 3.63) is 54.2 Å². The second-order valence-electron chi connectivity index (χ2n) is 7.82. The summed E-state index contributed by atoms with van der Waals surface area (Å²) >= 11 is 0. The number of ether oxygens (including phenoxy) is 2. The number of nitrogens with zero attached hydrogens (tertiary/aromatic N) is 3. The lowest BCUT2D eigenvalue weighted by Gasteiger charge is -2.38. The Labute approximate surface area is 188 Å². The molecular formula is C25H30N4O3. The fraction of sp³-hybridized carbons (Fsp3) is 0.400. The smallest absolute Gasteiger partial charge is 0.270 e. The predicted molar refractivity (Wildman–Crippen MR) is 125 cm³/mol. The van der Waals surface area contributed by atoms with Crippen LogP contribution < -0.4 is 10.1 Å². The lowest BCUT2D eigenvalue weighted by molar-refractivity contribution is -0.0494. The van der Waals surface area contributed by atoms with Crippen LogP contribution in [0.3, 0.4) is 0 Å². The molecule has 3 aromatic rings. The van der Waals surface area contributed by atoms with Gasteiger partial charge in [0, 0.05) is 43.7 Å². The summed E-state index contributed by atoms with van der Waals surface area (Å²) in [5.74, 6) is 1.15. The van der Waals surface area contributed by atoms with Crippen molar-refractivity contribution in [3.8, 4) is 17.1 Å². The van der Waals surface area contributed by atoms with Gasteiger partial charge in [0.1, 0.15) is 11.4 Å². The quantitative estimate of drug-likeness (QED) is 0.492. The van der Waals surface area contributed by atoms with Crippen molar-refractivity contribution >= 4 is 16.8 Å². The first-order valence-corrected chi connectivity index (χ1v) is 11.3. The Morgan fingerprint density at radius 3 is 2.59 bits per heavy atom. The number of carbonyl (C=O) groups excluding carboxylic acids is 1. The molecule has 1 aromatic heterocycles. The van der Waals surface area contributed by atoms with Crippen molar-refractivity contribution < 1.29 is 14.3 Å². The maximum absolute atomic E-state index is 13.0. The minimum absolute atomic E-state index is 0.174. The third kappa shape index (κ3) is 5.23. The van der Waals surface area contributed by atoms with Crippen LogP contribution >= 0.6 is 0 Å². The highest BCUT2D eigenvalue weighted by molar-refractivity contribution is 6.04. The highest BCUT2D eigenvalue weighted by atomic mass is 16.5. The molecule has 1 N–H and O–H groups in total. The molecule has 7 heteroatoms. The van der Waals surface area contributed by atoms with Crippen molar-refractivity contribution in [2.45, 2.75) is 26.4 Å². The van der Waals surface area contributed by atoms with Crippen LogP contribution in [0.1, 0.15) is 30.8 Å². The number of benzene rings is 2. The van der Waals surface area contributed by atoms with Crippen LogP contribution in [0.25, 0.3) is 22.3 Å². The number of fused-ring (bicyclic) bond motifs is 1. The molecule has 1 saturated heterocycles. The number of nitrogens with one attached hydrogen (secondary N) is 1. The molecule has 168 valence electrons. The SMILES string of the molecule is CCOc1ccc(-c2nc(C(=O)NCCCN3CC(OCC)C3)c3ccccc3n2)cc1. The first-order valence-electron chi connectivity index (χ1n) is 11.3. The highest BCUT2D eigenvalue weighted by Crippen LogP contribution is 2.24. The summed E-state index contributed by atoms with van der Waals surface area (Å²) in [5, 5.41) is 3.78. The first kappa shape index (κ1) is 22.2. The minimum Gasteiger partial charge on any atom is -0.494 e. The van der Waals surface area contributed by atoms with Gasteiger partial charge in [-0.05, 0) is 50.6 Å². The molecule has 2 aromatic carbocycles. The van der Waals surface area contributed by atoms with Gasteiger partial charge >= 0.3 is 0 Å². The molecule has 0 radical (unpaired) electrons. The van der Waals surface area contributed by atoms with Gasteiger partial charge in [-0.3, -0.25) is 9.69 Å². The number of aromatic nitrogens is 2. The molecule has 0 atom stereocenters. The number of hydrogen-bond acceptors (Lipinski definition) is 6. The van der Waals surface area contributed by atoms with E-state index in [1.807, 2.05) is 62.4 Å². The second-order valence-corrected chi connectivity index (χ2v) is 7.82. The summed E-state index contributed by atoms with van der Waals surface area (Å²) < 4.78 is 11.1. The Balaban J connectivity index is 1.43. The van der Waals surface area contributed by atoms with E-state index in [0.717, 1.165) is 54.9 Å². The van der Waals surface area contributed by atoms with E-state index in [9.17, 15) is 4.79 Å². The van der Waals surface area contributed by atoms with Crippen LogP contribution in [-0.4, -0.2) is 66.3 Å². The molecule has 32 heavy (non-hydrogen) atoms. The third-order valence-corrected chi connectivity index (χ3v) is 5.50. The van der Waals surface area contributed by atoms with Crippen LogP contribution in [-0.2, 0) is 4.74 Å². The lowest BCUT2D eigenvalue weighted by atomic mass is 10.1. The van der Waals surface area contributed by atoms with Crippen molar-refractivity contribution in [2.75, 3.05) is 39.4 Å². The maximum Gasteiger partial charge on any atom is 0.270 e. The molecule has 0 aliphatic carbocycles. The van der Waals surface area contributed by atoms with Gasteiger partial charge in [-0.1, -0.05) is 18.2 Å². The first-order chi connectivity index (χ1) is 15.7. The van der Waals surface area contributed by atoms with E-state index in [2.05, 4.69) is 20.2 Å². The van der Waals surface area contributed by atoms with Crippen LogP contribution in [0.5, 0.6) is 5.75 Å². The molecule has 1 aliphatic rings. The topological polar surface area (TPSA) is 76.6 Å². The van der Waals surface area contributed by atoms with Gasteiger partial charge < -0.3 is 14.8 Å². The minimum atomic E-state index is -0.174. The maximum atomic E-state index is 13.0. The Morgan fingerprint density at radius 2 is 1.84 bits per heavy atom. The monoisotopic (exact) mass is 434 g/mol. The van der Waals surface area contributed by atoms with Gasteiger partial charge in [0.25, 0.3) is 5.91 Å². The zero-order valence-corrected chi connectivity index (χ0v) is 18.7. The molecule has 0 bridgehead atoms. The van der Waals surface area contributed by atoms with Gasteiger partial charge in [-0.2, -0.15) is 0 Å². The summed E-state index contributed by atoms with van der Waals surface area (Å²) in [7, 11) is 0. The van der Waals surface area contributed by atoms with Crippen molar-refractivity contribution in [1.82, 2.24) is 20.2 Å². The van der Waals surface area contributed by atoms with E-state index in [4.69, 9.17) is 9.47 Å². The van der Waals surface area contributed by atoms with Gasteiger partial charge in [0.15, 0.2) is 5.82 Å². The van der Waals surface area contributed by atoms with Gasteiger partial charge in [0.05, 0.1) is 18.2 Å². The lowest BCUT2D eigenvalue weighted by Crippen LogP contribution is -2.52. The van der Waals surface area contributed by atoms with Crippen molar-refractivity contribution in [1.29, 1.82) is 0 Å². The normalized spacial score (nSPS) is 14.3. The molecule has 7 nitrogen and oxygen atoms in total. The summed E-state index contributed by atoms with van der Waals surface area (Å²) in [5.41, 5.74) is 1.99. The number of carbonyl (C=O) groups is 1. The average Bonchev–Trinajstić information content (AvgIpc) is 2.79. The van der Waals surface area contributed by atoms with Gasteiger partial charge in [0.2, 0.25) is 0 Å². The second kappa shape index (κ2) is 10.5. The van der Waals surface area contributed by atoms with E-state index in [1.165, 1.54) is 0 Å². The number of para-hydroxylation sites is 1. The number of hydrogen-bond donors (Lipinski definition) is 1. The fourth-order valence-electron chi connectivity index (χ4n) is 3.88. The average molecular weight is 435 g/mol. The molecule has 2 heterocycles. The number of likely N-dealkylation sites (tertiary alicyclic amines) is 1.